The van der Waals surface area contributed by atoms with E-state index in [4.69, 9.17) is 5.73 Å². The van der Waals surface area contributed by atoms with E-state index in [9.17, 15) is 4.79 Å². The number of unbranched alkanes of at least 4 members (excludes halogenated alkanes) is 1. The summed E-state index contributed by atoms with van der Waals surface area (Å²) in [7, 11) is 0. The first-order valence-electron chi connectivity index (χ1n) is 6.81. The molecule has 1 aromatic heterocycles. The summed E-state index contributed by atoms with van der Waals surface area (Å²) in [5, 5.41) is 2.92. The molecule has 106 valence electrons. The number of carbonyl (C=O) groups is 1. The van der Waals surface area contributed by atoms with Gasteiger partial charge < -0.3 is 15.6 Å². The highest BCUT2D eigenvalue weighted by molar-refractivity contribution is 5.80. The van der Waals surface area contributed by atoms with Crippen LogP contribution in [0.1, 0.15) is 18.4 Å². The fourth-order valence-electron chi connectivity index (χ4n) is 2.00. The lowest BCUT2D eigenvalue weighted by Crippen LogP contribution is -2.26. The summed E-state index contributed by atoms with van der Waals surface area (Å²) in [5.41, 5.74) is 7.36. The maximum absolute atomic E-state index is 11.8. The second kappa shape index (κ2) is 7.33. The average Bonchev–Trinajstić information content (AvgIpc) is 2.94. The Balaban J connectivity index is 1.62. The molecule has 0 unspecified atom stereocenters. The zero-order valence-electron chi connectivity index (χ0n) is 11.5. The number of carbonyl (C=O) groups excluding carboxylic acids is 1. The maximum Gasteiger partial charge on any atom is 0.224 e. The van der Waals surface area contributed by atoms with Gasteiger partial charge in [-0.15, -0.1) is 0 Å². The number of nitrogen functional groups attached to an aromatic ring is 1. The highest BCUT2D eigenvalue weighted by Gasteiger charge is 2.05. The van der Waals surface area contributed by atoms with Crippen molar-refractivity contribution in [3.05, 3.63) is 48.5 Å². The minimum absolute atomic E-state index is 0.0190. The van der Waals surface area contributed by atoms with Crippen molar-refractivity contribution in [1.29, 1.82) is 0 Å². The number of para-hydroxylation sites is 1. The number of imidazole rings is 1. The van der Waals surface area contributed by atoms with Crippen LogP contribution < -0.4 is 11.1 Å². The number of hydrogen-bond acceptors (Lipinski definition) is 3. The van der Waals surface area contributed by atoms with Crippen LogP contribution in [0.25, 0.3) is 0 Å². The standard InChI is InChI=1S/C15H20N4O/c16-14-6-2-1-5-13(14)11-15(20)18-7-3-4-9-19-10-8-17-12-19/h1-2,5-6,8,10,12H,3-4,7,9,11,16H2,(H,18,20). The molecule has 20 heavy (non-hydrogen) atoms. The van der Waals surface area contributed by atoms with Gasteiger partial charge in [0, 0.05) is 31.2 Å². The van der Waals surface area contributed by atoms with Crippen LogP contribution in [-0.4, -0.2) is 22.0 Å². The summed E-state index contributed by atoms with van der Waals surface area (Å²) in [6.45, 7) is 1.63. The number of nitrogens with one attached hydrogen (secondary N) is 1. The van der Waals surface area contributed by atoms with Gasteiger partial charge >= 0.3 is 0 Å². The average molecular weight is 272 g/mol. The van der Waals surface area contributed by atoms with Crippen LogP contribution in [0.2, 0.25) is 0 Å². The summed E-state index contributed by atoms with van der Waals surface area (Å²) < 4.78 is 2.03. The topological polar surface area (TPSA) is 72.9 Å². The maximum atomic E-state index is 11.8. The molecule has 0 atom stereocenters. The molecule has 2 rings (SSSR count). The van der Waals surface area contributed by atoms with Crippen LogP contribution in [0.15, 0.2) is 43.0 Å². The van der Waals surface area contributed by atoms with Crippen LogP contribution in [-0.2, 0) is 17.8 Å². The molecule has 0 bridgehead atoms. The van der Waals surface area contributed by atoms with E-state index in [1.54, 1.807) is 12.5 Å². The first-order chi connectivity index (χ1) is 9.75. The Morgan fingerprint density at radius 2 is 2.15 bits per heavy atom. The number of nitrogens with zero attached hydrogens (tertiary/aromatic N) is 2. The summed E-state index contributed by atoms with van der Waals surface area (Å²) >= 11 is 0. The Morgan fingerprint density at radius 3 is 2.90 bits per heavy atom. The van der Waals surface area contributed by atoms with Gasteiger partial charge in [0.2, 0.25) is 5.91 Å². The predicted molar refractivity (Wildman–Crippen MR) is 79.0 cm³/mol. The van der Waals surface area contributed by atoms with E-state index >= 15 is 0 Å². The highest BCUT2D eigenvalue weighted by atomic mass is 16.1. The number of aryl methyl sites for hydroxylation is 1. The fraction of sp³-hybridized carbons (Fsp3) is 0.333. The van der Waals surface area contributed by atoms with Crippen molar-refractivity contribution in [1.82, 2.24) is 14.9 Å². The first-order valence-corrected chi connectivity index (χ1v) is 6.81. The van der Waals surface area contributed by atoms with Gasteiger partial charge in [0.05, 0.1) is 12.7 Å². The Morgan fingerprint density at radius 1 is 1.30 bits per heavy atom. The number of anilines is 1. The summed E-state index contributed by atoms with van der Waals surface area (Å²) in [6.07, 6.45) is 7.83. The van der Waals surface area contributed by atoms with E-state index in [1.165, 1.54) is 0 Å². The molecule has 0 fully saturated rings. The van der Waals surface area contributed by atoms with Crippen LogP contribution in [0.4, 0.5) is 5.69 Å². The van der Waals surface area contributed by atoms with Crippen molar-refractivity contribution >= 4 is 11.6 Å². The van der Waals surface area contributed by atoms with Gasteiger partial charge in [0.25, 0.3) is 0 Å². The normalized spacial score (nSPS) is 10.4. The molecule has 2 aromatic rings. The molecule has 0 aliphatic rings. The molecule has 1 aromatic carbocycles. The van der Waals surface area contributed by atoms with Crippen molar-refractivity contribution in [2.75, 3.05) is 12.3 Å². The molecule has 3 N–H and O–H groups in total. The van der Waals surface area contributed by atoms with Crippen molar-refractivity contribution in [2.45, 2.75) is 25.8 Å². The second-order valence-electron chi connectivity index (χ2n) is 4.73. The Kier molecular flexibility index (Phi) is 5.17. The molecule has 1 heterocycles. The molecule has 0 aliphatic carbocycles. The van der Waals surface area contributed by atoms with Crippen LogP contribution in [0.3, 0.4) is 0 Å². The van der Waals surface area contributed by atoms with Gasteiger partial charge in [0.1, 0.15) is 0 Å². The molecule has 5 heteroatoms. The number of aromatic nitrogens is 2. The van der Waals surface area contributed by atoms with Crippen molar-refractivity contribution < 1.29 is 4.79 Å². The number of hydrogen-bond donors (Lipinski definition) is 2. The molecule has 0 aliphatic heterocycles. The van der Waals surface area contributed by atoms with E-state index in [0.717, 1.165) is 24.9 Å². The third-order valence-electron chi connectivity index (χ3n) is 3.13. The van der Waals surface area contributed by atoms with Crippen LogP contribution in [0.5, 0.6) is 0 Å². The Hall–Kier alpha value is -2.30. The molecule has 5 nitrogen and oxygen atoms in total. The predicted octanol–water partition coefficient (Wildman–Crippen LogP) is 1.60. The van der Waals surface area contributed by atoms with Gasteiger partial charge in [-0.05, 0) is 24.5 Å². The molecule has 0 radical (unpaired) electrons. The van der Waals surface area contributed by atoms with E-state index in [-0.39, 0.29) is 5.91 Å². The number of amides is 1. The minimum Gasteiger partial charge on any atom is -0.398 e. The summed E-state index contributed by atoms with van der Waals surface area (Å²) in [4.78, 5) is 15.8. The van der Waals surface area contributed by atoms with E-state index in [1.807, 2.05) is 35.0 Å². The highest BCUT2D eigenvalue weighted by Crippen LogP contribution is 2.10. The molecule has 0 spiro atoms. The van der Waals surface area contributed by atoms with Crippen molar-refractivity contribution in [3.8, 4) is 0 Å². The monoisotopic (exact) mass is 272 g/mol. The third kappa shape index (κ3) is 4.42. The summed E-state index contributed by atoms with van der Waals surface area (Å²) in [5.74, 6) is 0.0190. The second-order valence-corrected chi connectivity index (χ2v) is 4.73. The molecule has 0 saturated carbocycles. The zero-order chi connectivity index (χ0) is 14.2. The lowest BCUT2D eigenvalue weighted by atomic mass is 10.1. The lowest BCUT2D eigenvalue weighted by molar-refractivity contribution is -0.120. The summed E-state index contributed by atoms with van der Waals surface area (Å²) in [6, 6.07) is 7.46. The molecular weight excluding hydrogens is 252 g/mol. The van der Waals surface area contributed by atoms with Gasteiger partial charge in [-0.25, -0.2) is 4.98 Å². The number of benzene rings is 1. The number of nitrogens with two attached hydrogens (primary N) is 1. The van der Waals surface area contributed by atoms with E-state index in [2.05, 4.69) is 10.3 Å². The molecular formula is C15H20N4O. The van der Waals surface area contributed by atoms with E-state index in [0.29, 0.717) is 18.7 Å². The van der Waals surface area contributed by atoms with Crippen LogP contribution >= 0.6 is 0 Å². The van der Waals surface area contributed by atoms with Gasteiger partial charge in [0.15, 0.2) is 0 Å². The van der Waals surface area contributed by atoms with Crippen LogP contribution in [0, 0.1) is 0 Å². The third-order valence-corrected chi connectivity index (χ3v) is 3.13. The largest absolute Gasteiger partial charge is 0.398 e. The smallest absolute Gasteiger partial charge is 0.224 e. The SMILES string of the molecule is Nc1ccccc1CC(=O)NCCCCn1ccnc1. The van der Waals surface area contributed by atoms with E-state index < -0.39 is 0 Å². The van der Waals surface area contributed by atoms with Gasteiger partial charge in [-0.2, -0.15) is 0 Å². The Bertz CT molecular complexity index is 537. The number of rotatable bonds is 7. The molecule has 1 amide bonds. The zero-order valence-corrected chi connectivity index (χ0v) is 11.5. The van der Waals surface area contributed by atoms with Gasteiger partial charge in [-0.3, -0.25) is 4.79 Å². The van der Waals surface area contributed by atoms with Gasteiger partial charge in [-0.1, -0.05) is 18.2 Å². The first kappa shape index (κ1) is 14.1. The minimum atomic E-state index is 0.0190. The lowest BCUT2D eigenvalue weighted by Gasteiger charge is -2.07. The quantitative estimate of drug-likeness (QED) is 0.594. The molecule has 0 saturated heterocycles. The van der Waals surface area contributed by atoms with Crippen molar-refractivity contribution in [3.63, 3.8) is 0 Å². The van der Waals surface area contributed by atoms with Crippen molar-refractivity contribution in [2.24, 2.45) is 0 Å². The Labute approximate surface area is 118 Å². The fourth-order valence-corrected chi connectivity index (χ4v) is 2.00.